The summed E-state index contributed by atoms with van der Waals surface area (Å²) in [5.74, 6) is 0.244. The van der Waals surface area contributed by atoms with Crippen molar-refractivity contribution in [1.29, 1.82) is 0 Å². The van der Waals surface area contributed by atoms with Crippen molar-refractivity contribution in [1.82, 2.24) is 24.6 Å². The Kier molecular flexibility index (Phi) is 5.15. The predicted molar refractivity (Wildman–Crippen MR) is 104 cm³/mol. The minimum Gasteiger partial charge on any atom is -0.338 e. The van der Waals surface area contributed by atoms with Gasteiger partial charge in [-0.05, 0) is 55.4 Å². The molecule has 0 N–H and O–H groups in total. The van der Waals surface area contributed by atoms with Crippen LogP contribution in [-0.2, 0) is 17.9 Å². The number of pyridine rings is 1. The van der Waals surface area contributed by atoms with Gasteiger partial charge in [0.25, 0.3) is 5.91 Å². The number of hydrogen-bond acceptors (Lipinski definition) is 4. The molecule has 0 aromatic carbocycles. The van der Waals surface area contributed by atoms with Gasteiger partial charge in [0.05, 0.1) is 0 Å². The Hall–Kier alpha value is -2.70. The number of amides is 2. The molecular weight excluding hydrogens is 354 g/mol. The van der Waals surface area contributed by atoms with Gasteiger partial charge >= 0.3 is 0 Å². The third kappa shape index (κ3) is 3.79. The Labute approximate surface area is 165 Å². The second kappa shape index (κ2) is 7.73. The van der Waals surface area contributed by atoms with E-state index in [2.05, 4.69) is 10.1 Å². The minimum atomic E-state index is 0.0163. The second-order valence-electron chi connectivity index (χ2n) is 7.95. The van der Waals surface area contributed by atoms with E-state index in [9.17, 15) is 9.59 Å². The van der Waals surface area contributed by atoms with Crippen molar-refractivity contribution in [2.45, 2.75) is 45.7 Å². The maximum absolute atomic E-state index is 12.7. The molecule has 0 atom stereocenters. The summed E-state index contributed by atoms with van der Waals surface area (Å²) in [5, 5.41) is 4.34. The van der Waals surface area contributed by atoms with Gasteiger partial charge in [-0.15, -0.1) is 0 Å². The molecule has 2 aliphatic rings. The first-order valence-electron chi connectivity index (χ1n) is 10.1. The van der Waals surface area contributed by atoms with Crippen LogP contribution in [0.25, 0.3) is 0 Å². The number of carbonyl (C=O) groups is 2. The zero-order valence-electron chi connectivity index (χ0n) is 16.4. The molecule has 0 unspecified atom stereocenters. The van der Waals surface area contributed by atoms with E-state index in [1.54, 1.807) is 23.1 Å². The highest BCUT2D eigenvalue weighted by atomic mass is 16.2. The minimum absolute atomic E-state index is 0.0163. The molecule has 28 heavy (non-hydrogen) atoms. The maximum atomic E-state index is 12.7. The van der Waals surface area contributed by atoms with Crippen LogP contribution in [0.3, 0.4) is 0 Å². The fourth-order valence-corrected chi connectivity index (χ4v) is 4.36. The fraction of sp³-hybridized carbons (Fsp3) is 0.524. The topological polar surface area (TPSA) is 71.3 Å². The van der Waals surface area contributed by atoms with Crippen LogP contribution >= 0.6 is 0 Å². The van der Waals surface area contributed by atoms with E-state index in [4.69, 9.17) is 0 Å². The van der Waals surface area contributed by atoms with E-state index in [1.165, 1.54) is 0 Å². The number of nitrogens with zero attached hydrogens (tertiary/aromatic N) is 5. The van der Waals surface area contributed by atoms with Crippen molar-refractivity contribution in [3.05, 3.63) is 48.0 Å². The molecule has 0 radical (unpaired) electrons. The number of likely N-dealkylation sites (tertiary alicyclic amines) is 2. The fourth-order valence-electron chi connectivity index (χ4n) is 4.36. The first-order valence-corrected chi connectivity index (χ1v) is 10.1. The highest BCUT2D eigenvalue weighted by Gasteiger charge is 2.41. The summed E-state index contributed by atoms with van der Waals surface area (Å²) in [7, 11) is 0. The van der Waals surface area contributed by atoms with E-state index < -0.39 is 0 Å². The van der Waals surface area contributed by atoms with Gasteiger partial charge in [0.15, 0.2) is 0 Å². The Bertz CT molecular complexity index is 839. The summed E-state index contributed by atoms with van der Waals surface area (Å²) in [5.41, 5.74) is 1.76. The lowest BCUT2D eigenvalue weighted by molar-refractivity contribution is -0.139. The van der Waals surface area contributed by atoms with Crippen molar-refractivity contribution >= 4 is 11.8 Å². The maximum Gasteiger partial charge on any atom is 0.274 e. The van der Waals surface area contributed by atoms with Gasteiger partial charge in [0.2, 0.25) is 5.91 Å². The number of aryl methyl sites for hydroxylation is 1. The van der Waals surface area contributed by atoms with Crippen LogP contribution in [0.5, 0.6) is 0 Å². The van der Waals surface area contributed by atoms with Gasteiger partial charge in [-0.1, -0.05) is 0 Å². The molecule has 0 aliphatic carbocycles. The van der Waals surface area contributed by atoms with Crippen LogP contribution in [0.4, 0.5) is 0 Å². The van der Waals surface area contributed by atoms with Gasteiger partial charge in [-0.3, -0.25) is 19.3 Å². The number of piperidine rings is 2. The summed E-state index contributed by atoms with van der Waals surface area (Å²) in [6.07, 6.45) is 8.78. The standard InChI is InChI=1S/C21H27N5O2/c1-2-26-12-6-18(23-26)20(28)24-13-8-21(9-14-24)7-3-19(27)25(16-21)15-17-4-10-22-11-5-17/h4-6,10-12H,2-3,7-9,13-16H2,1H3. The molecule has 1 spiro atoms. The molecule has 7 heteroatoms. The van der Waals surface area contributed by atoms with E-state index in [1.807, 2.05) is 35.1 Å². The molecular formula is C21H27N5O2. The number of rotatable bonds is 4. The van der Waals surface area contributed by atoms with Crippen LogP contribution in [-0.4, -0.2) is 56.0 Å². The zero-order chi connectivity index (χ0) is 19.6. The van der Waals surface area contributed by atoms with Crippen LogP contribution in [0.1, 0.15) is 48.7 Å². The molecule has 2 aromatic heterocycles. The van der Waals surface area contributed by atoms with Crippen molar-refractivity contribution in [3.8, 4) is 0 Å². The molecule has 2 amide bonds. The van der Waals surface area contributed by atoms with Gasteiger partial charge in [-0.2, -0.15) is 5.10 Å². The van der Waals surface area contributed by atoms with Crippen LogP contribution in [0.2, 0.25) is 0 Å². The van der Waals surface area contributed by atoms with E-state index in [-0.39, 0.29) is 17.2 Å². The average Bonchev–Trinajstić information content (AvgIpc) is 3.21. The quantitative estimate of drug-likeness (QED) is 0.815. The molecule has 2 saturated heterocycles. The molecule has 4 rings (SSSR count). The summed E-state index contributed by atoms with van der Waals surface area (Å²) in [6.45, 7) is 5.65. The molecule has 4 heterocycles. The summed E-state index contributed by atoms with van der Waals surface area (Å²) in [4.78, 5) is 33.1. The van der Waals surface area contributed by atoms with Crippen molar-refractivity contribution in [2.75, 3.05) is 19.6 Å². The Balaban J connectivity index is 1.38. The Morgan fingerprint density at radius 3 is 2.57 bits per heavy atom. The molecule has 0 saturated carbocycles. The van der Waals surface area contributed by atoms with Crippen molar-refractivity contribution in [3.63, 3.8) is 0 Å². The predicted octanol–water partition coefficient (Wildman–Crippen LogP) is 2.34. The van der Waals surface area contributed by atoms with Crippen LogP contribution < -0.4 is 0 Å². The molecule has 148 valence electrons. The summed E-state index contributed by atoms with van der Waals surface area (Å²) in [6, 6.07) is 5.72. The molecule has 0 bridgehead atoms. The van der Waals surface area contributed by atoms with E-state index in [0.29, 0.717) is 18.7 Å². The van der Waals surface area contributed by atoms with Gasteiger partial charge < -0.3 is 9.80 Å². The number of carbonyl (C=O) groups excluding carboxylic acids is 2. The Morgan fingerprint density at radius 1 is 1.14 bits per heavy atom. The normalized spacial score (nSPS) is 19.2. The SMILES string of the molecule is CCn1ccc(C(=O)N2CCC3(CCC(=O)N(Cc4ccncc4)C3)CC2)n1. The molecule has 2 fully saturated rings. The zero-order valence-corrected chi connectivity index (χ0v) is 16.4. The third-order valence-corrected chi connectivity index (χ3v) is 6.17. The summed E-state index contributed by atoms with van der Waals surface area (Å²) >= 11 is 0. The molecule has 2 aliphatic heterocycles. The first kappa shape index (κ1) is 18.7. The number of aromatic nitrogens is 3. The van der Waals surface area contributed by atoms with Gasteiger partial charge in [-0.25, -0.2) is 0 Å². The van der Waals surface area contributed by atoms with Crippen molar-refractivity contribution < 1.29 is 9.59 Å². The van der Waals surface area contributed by atoms with Crippen molar-refractivity contribution in [2.24, 2.45) is 5.41 Å². The monoisotopic (exact) mass is 381 g/mol. The van der Waals surface area contributed by atoms with E-state index in [0.717, 1.165) is 51.0 Å². The lowest BCUT2D eigenvalue weighted by Crippen LogP contribution is -2.52. The van der Waals surface area contributed by atoms with Crippen LogP contribution in [0.15, 0.2) is 36.8 Å². The molecule has 7 nitrogen and oxygen atoms in total. The lowest BCUT2D eigenvalue weighted by atomic mass is 9.72. The molecule has 2 aromatic rings. The lowest BCUT2D eigenvalue weighted by Gasteiger charge is -2.47. The second-order valence-corrected chi connectivity index (χ2v) is 7.95. The van der Waals surface area contributed by atoms with Gasteiger partial charge in [0, 0.05) is 57.7 Å². The largest absolute Gasteiger partial charge is 0.338 e. The smallest absolute Gasteiger partial charge is 0.274 e. The first-order chi connectivity index (χ1) is 13.6. The average molecular weight is 381 g/mol. The Morgan fingerprint density at radius 2 is 1.89 bits per heavy atom. The van der Waals surface area contributed by atoms with E-state index >= 15 is 0 Å². The van der Waals surface area contributed by atoms with Crippen LogP contribution in [0, 0.1) is 5.41 Å². The van der Waals surface area contributed by atoms with Gasteiger partial charge in [0.1, 0.15) is 5.69 Å². The summed E-state index contributed by atoms with van der Waals surface area (Å²) < 4.78 is 1.78. The third-order valence-electron chi connectivity index (χ3n) is 6.17. The number of hydrogen-bond donors (Lipinski definition) is 0. The highest BCUT2D eigenvalue weighted by Crippen LogP contribution is 2.40. The highest BCUT2D eigenvalue weighted by molar-refractivity contribution is 5.92.